The van der Waals surface area contributed by atoms with Gasteiger partial charge in [0.25, 0.3) is 0 Å². The predicted octanol–water partition coefficient (Wildman–Crippen LogP) is 5.19. The molecule has 1 atom stereocenters. The minimum atomic E-state index is 0.684. The summed E-state index contributed by atoms with van der Waals surface area (Å²) in [6.45, 7) is 4.34. The maximum absolute atomic E-state index is 6.22. The van der Waals surface area contributed by atoms with Crippen molar-refractivity contribution in [2.24, 2.45) is 5.92 Å². The Balaban J connectivity index is 1.89. The molecule has 0 bridgehead atoms. The third-order valence-corrected chi connectivity index (χ3v) is 4.87. The molecule has 3 aromatic rings. The van der Waals surface area contributed by atoms with Gasteiger partial charge in [-0.1, -0.05) is 48.9 Å². The van der Waals surface area contributed by atoms with Gasteiger partial charge < -0.3 is 4.90 Å². The minimum absolute atomic E-state index is 0.684. The maximum atomic E-state index is 6.22. The molecular formula is C20H20ClN3. The average molecular weight is 338 g/mol. The number of fused-ring (bicyclic) bond motifs is 1. The first kappa shape index (κ1) is 15.4. The number of aromatic nitrogens is 2. The van der Waals surface area contributed by atoms with Gasteiger partial charge >= 0.3 is 0 Å². The fourth-order valence-corrected chi connectivity index (χ4v) is 3.59. The zero-order valence-electron chi connectivity index (χ0n) is 13.7. The molecule has 1 saturated heterocycles. The van der Waals surface area contributed by atoms with Gasteiger partial charge in [-0.3, -0.25) is 0 Å². The third kappa shape index (κ3) is 2.96. The lowest BCUT2D eigenvalue weighted by Gasteiger charge is -2.31. The van der Waals surface area contributed by atoms with Gasteiger partial charge in [-0.05, 0) is 37.0 Å². The highest BCUT2D eigenvalue weighted by molar-refractivity contribution is 6.31. The Kier molecular flexibility index (Phi) is 4.11. The molecule has 0 amide bonds. The molecule has 4 rings (SSSR count). The predicted molar refractivity (Wildman–Crippen MR) is 101 cm³/mol. The highest BCUT2D eigenvalue weighted by Gasteiger charge is 2.20. The number of anilines is 1. The average Bonchev–Trinajstić information content (AvgIpc) is 2.61. The SMILES string of the molecule is CC1CCCN(c2nc(-c3ccccc3)c3cc(Cl)ccc3n2)C1. The Morgan fingerprint density at radius 3 is 2.71 bits per heavy atom. The summed E-state index contributed by atoms with van der Waals surface area (Å²) in [5, 5.41) is 1.71. The van der Waals surface area contributed by atoms with E-state index in [1.54, 1.807) is 0 Å². The molecule has 0 saturated carbocycles. The van der Waals surface area contributed by atoms with E-state index in [0.29, 0.717) is 10.9 Å². The Labute approximate surface area is 147 Å². The van der Waals surface area contributed by atoms with Crippen molar-refractivity contribution in [3.8, 4) is 11.3 Å². The third-order valence-electron chi connectivity index (χ3n) is 4.63. The van der Waals surface area contributed by atoms with Crippen LogP contribution < -0.4 is 4.90 Å². The molecule has 1 aliphatic heterocycles. The van der Waals surface area contributed by atoms with E-state index in [9.17, 15) is 0 Å². The summed E-state index contributed by atoms with van der Waals surface area (Å²) < 4.78 is 0. The summed E-state index contributed by atoms with van der Waals surface area (Å²) in [4.78, 5) is 12.1. The normalized spacial score (nSPS) is 18.1. The monoisotopic (exact) mass is 337 g/mol. The van der Waals surface area contributed by atoms with Gasteiger partial charge in [0.1, 0.15) is 0 Å². The molecule has 0 spiro atoms. The second-order valence-electron chi connectivity index (χ2n) is 6.59. The second-order valence-corrected chi connectivity index (χ2v) is 7.03. The smallest absolute Gasteiger partial charge is 0.226 e. The molecular weight excluding hydrogens is 318 g/mol. The van der Waals surface area contributed by atoms with Crippen LogP contribution in [0, 0.1) is 5.92 Å². The van der Waals surface area contributed by atoms with Gasteiger partial charge in [-0.25, -0.2) is 9.97 Å². The van der Waals surface area contributed by atoms with Crippen LogP contribution in [0.4, 0.5) is 5.95 Å². The van der Waals surface area contributed by atoms with Crippen molar-refractivity contribution in [1.29, 1.82) is 0 Å². The summed E-state index contributed by atoms with van der Waals surface area (Å²) in [6, 6.07) is 16.1. The van der Waals surface area contributed by atoms with Gasteiger partial charge in [0.15, 0.2) is 0 Å². The van der Waals surface area contributed by atoms with Crippen molar-refractivity contribution in [2.45, 2.75) is 19.8 Å². The van der Waals surface area contributed by atoms with E-state index < -0.39 is 0 Å². The van der Waals surface area contributed by atoms with E-state index in [2.05, 4.69) is 24.0 Å². The molecule has 2 aromatic carbocycles. The van der Waals surface area contributed by atoms with Crippen LogP contribution in [-0.4, -0.2) is 23.1 Å². The number of hydrogen-bond acceptors (Lipinski definition) is 3. The van der Waals surface area contributed by atoms with E-state index >= 15 is 0 Å². The van der Waals surface area contributed by atoms with E-state index in [4.69, 9.17) is 21.6 Å². The topological polar surface area (TPSA) is 29.0 Å². The number of nitrogens with zero attached hydrogens (tertiary/aromatic N) is 3. The van der Waals surface area contributed by atoms with E-state index in [-0.39, 0.29) is 0 Å². The first-order valence-electron chi connectivity index (χ1n) is 8.48. The molecule has 0 N–H and O–H groups in total. The Bertz CT molecular complexity index is 863. The van der Waals surface area contributed by atoms with Crippen molar-refractivity contribution >= 4 is 28.5 Å². The molecule has 1 fully saturated rings. The van der Waals surface area contributed by atoms with Crippen molar-refractivity contribution in [1.82, 2.24) is 9.97 Å². The van der Waals surface area contributed by atoms with E-state index in [1.165, 1.54) is 12.8 Å². The fraction of sp³-hybridized carbons (Fsp3) is 0.300. The number of piperidine rings is 1. The fourth-order valence-electron chi connectivity index (χ4n) is 3.42. The Morgan fingerprint density at radius 2 is 1.92 bits per heavy atom. The molecule has 0 radical (unpaired) electrons. The Morgan fingerprint density at radius 1 is 1.08 bits per heavy atom. The molecule has 0 aliphatic carbocycles. The summed E-state index contributed by atoms with van der Waals surface area (Å²) in [7, 11) is 0. The summed E-state index contributed by atoms with van der Waals surface area (Å²) in [5.41, 5.74) is 3.00. The molecule has 122 valence electrons. The van der Waals surface area contributed by atoms with Gasteiger partial charge in [0.2, 0.25) is 5.95 Å². The van der Waals surface area contributed by atoms with Crippen molar-refractivity contribution < 1.29 is 0 Å². The van der Waals surface area contributed by atoms with Gasteiger partial charge in [-0.15, -0.1) is 0 Å². The highest BCUT2D eigenvalue weighted by Crippen LogP contribution is 2.31. The van der Waals surface area contributed by atoms with Crippen LogP contribution in [0.1, 0.15) is 19.8 Å². The van der Waals surface area contributed by atoms with Crippen LogP contribution in [-0.2, 0) is 0 Å². The molecule has 1 aromatic heterocycles. The Hall–Kier alpha value is -2.13. The van der Waals surface area contributed by atoms with Gasteiger partial charge in [-0.2, -0.15) is 0 Å². The summed E-state index contributed by atoms with van der Waals surface area (Å²) in [5.74, 6) is 1.51. The molecule has 4 heteroatoms. The molecule has 3 nitrogen and oxygen atoms in total. The molecule has 24 heavy (non-hydrogen) atoms. The van der Waals surface area contributed by atoms with Crippen LogP contribution in [0.5, 0.6) is 0 Å². The summed E-state index contributed by atoms with van der Waals surface area (Å²) in [6.07, 6.45) is 2.48. The van der Waals surface area contributed by atoms with Crippen molar-refractivity contribution in [3.05, 3.63) is 53.6 Å². The van der Waals surface area contributed by atoms with Crippen LogP contribution in [0.3, 0.4) is 0 Å². The number of rotatable bonds is 2. The van der Waals surface area contributed by atoms with Crippen LogP contribution in [0.25, 0.3) is 22.2 Å². The second kappa shape index (κ2) is 6.40. The van der Waals surface area contributed by atoms with Crippen LogP contribution in [0.2, 0.25) is 5.02 Å². The highest BCUT2D eigenvalue weighted by atomic mass is 35.5. The summed E-state index contributed by atoms with van der Waals surface area (Å²) >= 11 is 6.22. The van der Waals surface area contributed by atoms with Gasteiger partial charge in [0, 0.05) is 29.1 Å². The van der Waals surface area contributed by atoms with E-state index in [1.807, 2.05) is 36.4 Å². The lowest BCUT2D eigenvalue weighted by molar-refractivity contribution is 0.442. The lowest BCUT2D eigenvalue weighted by atomic mass is 10.0. The van der Waals surface area contributed by atoms with Gasteiger partial charge in [0.05, 0.1) is 11.2 Å². The zero-order valence-corrected chi connectivity index (χ0v) is 14.5. The first-order chi connectivity index (χ1) is 11.7. The zero-order chi connectivity index (χ0) is 16.5. The maximum Gasteiger partial charge on any atom is 0.226 e. The molecule has 1 unspecified atom stereocenters. The number of hydrogen-bond donors (Lipinski definition) is 0. The first-order valence-corrected chi connectivity index (χ1v) is 8.86. The lowest BCUT2D eigenvalue weighted by Crippen LogP contribution is -2.35. The minimum Gasteiger partial charge on any atom is -0.341 e. The number of halogens is 1. The standard InChI is InChI=1S/C20H20ClN3/c1-14-6-5-11-24(13-14)20-22-18-10-9-16(21)12-17(18)19(23-20)15-7-3-2-4-8-15/h2-4,7-10,12,14H,5-6,11,13H2,1H3. The quantitative estimate of drug-likeness (QED) is 0.644. The van der Waals surface area contributed by atoms with Crippen LogP contribution >= 0.6 is 11.6 Å². The largest absolute Gasteiger partial charge is 0.341 e. The van der Waals surface area contributed by atoms with Crippen molar-refractivity contribution in [3.63, 3.8) is 0 Å². The molecule has 2 heterocycles. The molecule has 1 aliphatic rings. The van der Waals surface area contributed by atoms with Crippen LogP contribution in [0.15, 0.2) is 48.5 Å². The number of benzene rings is 2. The van der Waals surface area contributed by atoms with E-state index in [0.717, 1.165) is 41.2 Å². The van der Waals surface area contributed by atoms with Crippen molar-refractivity contribution in [2.75, 3.05) is 18.0 Å².